The third kappa shape index (κ3) is 2.83. The van der Waals surface area contributed by atoms with Gasteiger partial charge in [-0.15, -0.1) is 11.3 Å². The lowest BCUT2D eigenvalue weighted by Crippen LogP contribution is -2.29. The number of nitrogens with zero attached hydrogens (tertiary/aromatic N) is 1. The molecule has 0 saturated carbocycles. The van der Waals surface area contributed by atoms with Crippen molar-refractivity contribution in [1.82, 2.24) is 10.4 Å². The number of nitrogens with one attached hydrogen (secondary N) is 1. The van der Waals surface area contributed by atoms with Crippen LogP contribution < -0.4 is 11.3 Å². The van der Waals surface area contributed by atoms with Crippen molar-refractivity contribution in [2.45, 2.75) is 25.8 Å². The van der Waals surface area contributed by atoms with Gasteiger partial charge in [0, 0.05) is 16.5 Å². The van der Waals surface area contributed by atoms with E-state index in [0.29, 0.717) is 0 Å². The van der Waals surface area contributed by atoms with Crippen LogP contribution in [0.3, 0.4) is 0 Å². The quantitative estimate of drug-likeness (QED) is 0.559. The van der Waals surface area contributed by atoms with Crippen molar-refractivity contribution in [2.24, 2.45) is 5.84 Å². The minimum atomic E-state index is 0.144. The zero-order chi connectivity index (χ0) is 14.7. The summed E-state index contributed by atoms with van der Waals surface area (Å²) in [6.45, 7) is 2.18. The Bertz CT molecular complexity index is 730. The summed E-state index contributed by atoms with van der Waals surface area (Å²) in [6, 6.07) is 12.7. The molecule has 3 nitrogen and oxygen atoms in total. The van der Waals surface area contributed by atoms with Gasteiger partial charge in [0.2, 0.25) is 0 Å². The SMILES string of the molecule is CCc1ccsc1C(Cc1ccnc2ccccc12)NN. The second-order valence-corrected chi connectivity index (χ2v) is 6.02. The van der Waals surface area contributed by atoms with Crippen molar-refractivity contribution in [1.29, 1.82) is 0 Å². The summed E-state index contributed by atoms with van der Waals surface area (Å²) < 4.78 is 0. The first-order chi connectivity index (χ1) is 10.3. The average molecular weight is 297 g/mol. The molecule has 0 aliphatic rings. The first-order valence-corrected chi connectivity index (χ1v) is 8.06. The van der Waals surface area contributed by atoms with Gasteiger partial charge >= 0.3 is 0 Å². The molecule has 3 N–H and O–H groups in total. The molecule has 1 atom stereocenters. The summed E-state index contributed by atoms with van der Waals surface area (Å²) in [7, 11) is 0. The Hall–Kier alpha value is -1.75. The molecule has 3 aromatic rings. The molecule has 1 aromatic carbocycles. The van der Waals surface area contributed by atoms with Crippen molar-refractivity contribution in [3.05, 3.63) is 64.0 Å². The molecule has 2 aromatic heterocycles. The fourth-order valence-electron chi connectivity index (χ4n) is 2.73. The van der Waals surface area contributed by atoms with E-state index in [0.717, 1.165) is 18.4 Å². The Morgan fingerprint density at radius 3 is 2.86 bits per heavy atom. The molecule has 108 valence electrons. The third-order valence-electron chi connectivity index (χ3n) is 3.84. The maximum absolute atomic E-state index is 5.82. The summed E-state index contributed by atoms with van der Waals surface area (Å²) in [6.07, 6.45) is 3.78. The van der Waals surface area contributed by atoms with E-state index >= 15 is 0 Å². The van der Waals surface area contributed by atoms with Crippen LogP contribution in [0, 0.1) is 0 Å². The topological polar surface area (TPSA) is 50.9 Å². The lowest BCUT2D eigenvalue weighted by molar-refractivity contribution is 0.558. The number of aromatic nitrogens is 1. The van der Waals surface area contributed by atoms with Gasteiger partial charge < -0.3 is 0 Å². The van der Waals surface area contributed by atoms with Gasteiger partial charge in [-0.3, -0.25) is 16.3 Å². The van der Waals surface area contributed by atoms with Crippen molar-refractivity contribution in [3.63, 3.8) is 0 Å². The van der Waals surface area contributed by atoms with Crippen molar-refractivity contribution in [2.75, 3.05) is 0 Å². The predicted molar refractivity (Wildman–Crippen MR) is 89.2 cm³/mol. The first kappa shape index (κ1) is 14.2. The molecule has 3 rings (SSSR count). The van der Waals surface area contributed by atoms with E-state index in [4.69, 9.17) is 5.84 Å². The standard InChI is InChI=1S/C17H19N3S/c1-2-12-8-10-21-17(12)16(20-18)11-13-7-9-19-15-6-4-3-5-14(13)15/h3-10,16,20H,2,11,18H2,1H3. The van der Waals surface area contributed by atoms with E-state index in [1.807, 2.05) is 18.3 Å². The van der Waals surface area contributed by atoms with E-state index in [9.17, 15) is 0 Å². The molecule has 1 unspecified atom stereocenters. The number of pyridine rings is 1. The smallest absolute Gasteiger partial charge is 0.0704 e. The fourth-order valence-corrected chi connectivity index (χ4v) is 3.78. The molecule has 21 heavy (non-hydrogen) atoms. The summed E-state index contributed by atoms with van der Waals surface area (Å²) in [5, 5.41) is 3.35. The van der Waals surface area contributed by atoms with Gasteiger partial charge in [-0.05, 0) is 47.5 Å². The molecular formula is C17H19N3S. The van der Waals surface area contributed by atoms with Crippen LogP contribution in [0.2, 0.25) is 0 Å². The number of aryl methyl sites for hydroxylation is 1. The molecule has 0 aliphatic heterocycles. The van der Waals surface area contributed by atoms with Crippen molar-refractivity contribution in [3.8, 4) is 0 Å². The van der Waals surface area contributed by atoms with Crippen LogP contribution in [0.15, 0.2) is 48.0 Å². The van der Waals surface area contributed by atoms with Crippen LogP contribution in [0.1, 0.15) is 29.0 Å². The Morgan fingerprint density at radius 1 is 1.19 bits per heavy atom. The average Bonchev–Trinajstić information content (AvgIpc) is 3.01. The molecule has 0 amide bonds. The van der Waals surface area contributed by atoms with E-state index in [1.54, 1.807) is 11.3 Å². The minimum Gasteiger partial charge on any atom is -0.271 e. The number of benzene rings is 1. The number of hydrogen-bond donors (Lipinski definition) is 2. The van der Waals surface area contributed by atoms with Crippen LogP contribution in [0.5, 0.6) is 0 Å². The Labute approximate surface area is 128 Å². The fraction of sp³-hybridized carbons (Fsp3) is 0.235. The van der Waals surface area contributed by atoms with Gasteiger partial charge in [0.25, 0.3) is 0 Å². The molecule has 0 fully saturated rings. The van der Waals surface area contributed by atoms with Crippen LogP contribution >= 0.6 is 11.3 Å². The number of rotatable bonds is 5. The zero-order valence-electron chi connectivity index (χ0n) is 12.0. The van der Waals surface area contributed by atoms with E-state index in [2.05, 4.69) is 47.0 Å². The highest BCUT2D eigenvalue weighted by Gasteiger charge is 2.16. The molecule has 2 heterocycles. The van der Waals surface area contributed by atoms with Crippen LogP contribution in [0.4, 0.5) is 0 Å². The second-order valence-electron chi connectivity index (χ2n) is 5.07. The van der Waals surface area contributed by atoms with E-state index < -0.39 is 0 Å². The highest BCUT2D eigenvalue weighted by Crippen LogP contribution is 2.29. The van der Waals surface area contributed by atoms with Gasteiger partial charge in [0.1, 0.15) is 0 Å². The highest BCUT2D eigenvalue weighted by atomic mass is 32.1. The van der Waals surface area contributed by atoms with Gasteiger partial charge in [-0.25, -0.2) is 0 Å². The maximum Gasteiger partial charge on any atom is 0.0704 e. The normalized spacial score (nSPS) is 12.7. The number of hydrogen-bond acceptors (Lipinski definition) is 4. The molecule has 0 spiro atoms. The number of para-hydroxylation sites is 1. The first-order valence-electron chi connectivity index (χ1n) is 7.18. The monoisotopic (exact) mass is 297 g/mol. The van der Waals surface area contributed by atoms with Crippen LogP contribution in [-0.4, -0.2) is 4.98 Å². The maximum atomic E-state index is 5.82. The minimum absolute atomic E-state index is 0.144. The summed E-state index contributed by atoms with van der Waals surface area (Å²) in [5.41, 5.74) is 6.67. The number of thiophene rings is 1. The Balaban J connectivity index is 1.96. The lowest BCUT2D eigenvalue weighted by Gasteiger charge is -2.17. The molecule has 0 saturated heterocycles. The molecule has 0 radical (unpaired) electrons. The Kier molecular flexibility index (Phi) is 4.29. The predicted octanol–water partition coefficient (Wildman–Crippen LogP) is 3.61. The van der Waals surface area contributed by atoms with Crippen molar-refractivity contribution >= 4 is 22.2 Å². The molecular weight excluding hydrogens is 278 g/mol. The summed E-state index contributed by atoms with van der Waals surface area (Å²) >= 11 is 1.77. The van der Waals surface area contributed by atoms with Gasteiger partial charge in [0.15, 0.2) is 0 Å². The second kappa shape index (κ2) is 6.35. The lowest BCUT2D eigenvalue weighted by atomic mass is 9.99. The van der Waals surface area contributed by atoms with Gasteiger partial charge in [-0.1, -0.05) is 25.1 Å². The summed E-state index contributed by atoms with van der Waals surface area (Å²) in [4.78, 5) is 5.76. The molecule has 0 aliphatic carbocycles. The van der Waals surface area contributed by atoms with Crippen LogP contribution in [0.25, 0.3) is 10.9 Å². The third-order valence-corrected chi connectivity index (χ3v) is 4.92. The largest absolute Gasteiger partial charge is 0.271 e. The number of fused-ring (bicyclic) bond motifs is 1. The number of nitrogens with two attached hydrogens (primary N) is 1. The number of hydrazine groups is 1. The summed E-state index contributed by atoms with van der Waals surface area (Å²) in [5.74, 6) is 5.82. The molecule has 0 bridgehead atoms. The van der Waals surface area contributed by atoms with E-state index in [1.165, 1.54) is 21.4 Å². The van der Waals surface area contributed by atoms with Crippen molar-refractivity contribution < 1.29 is 0 Å². The van der Waals surface area contributed by atoms with E-state index in [-0.39, 0.29) is 6.04 Å². The Morgan fingerprint density at radius 2 is 2.05 bits per heavy atom. The van der Waals surface area contributed by atoms with Gasteiger partial charge in [0.05, 0.1) is 11.6 Å². The zero-order valence-corrected chi connectivity index (χ0v) is 12.9. The molecule has 4 heteroatoms. The highest BCUT2D eigenvalue weighted by molar-refractivity contribution is 7.10. The van der Waals surface area contributed by atoms with Crippen LogP contribution in [-0.2, 0) is 12.8 Å². The van der Waals surface area contributed by atoms with Gasteiger partial charge in [-0.2, -0.15) is 0 Å².